The number of carboxylic acids is 1. The summed E-state index contributed by atoms with van der Waals surface area (Å²) >= 11 is 0. The number of anilines is 2. The number of nitrogens with one attached hydrogen (secondary N) is 1. The van der Waals surface area contributed by atoms with Crippen LogP contribution in [0, 0.1) is 13.8 Å². The molecule has 0 atom stereocenters. The quantitative estimate of drug-likeness (QED) is 0.815. The highest BCUT2D eigenvalue weighted by atomic mass is 32.2. The van der Waals surface area contributed by atoms with Gasteiger partial charge in [0.15, 0.2) is 0 Å². The molecule has 0 aromatic heterocycles. The minimum atomic E-state index is -3.82. The van der Waals surface area contributed by atoms with E-state index in [1.54, 1.807) is 37.3 Å². The van der Waals surface area contributed by atoms with Crippen molar-refractivity contribution in [2.75, 3.05) is 35.9 Å². The predicted octanol–water partition coefficient (Wildman–Crippen LogP) is 2.64. The van der Waals surface area contributed by atoms with E-state index in [2.05, 4.69) is 4.72 Å². The van der Waals surface area contributed by atoms with E-state index in [4.69, 9.17) is 4.74 Å². The Morgan fingerprint density at radius 1 is 1.11 bits per heavy atom. The molecule has 27 heavy (non-hydrogen) atoms. The van der Waals surface area contributed by atoms with Gasteiger partial charge in [0.25, 0.3) is 10.0 Å². The lowest BCUT2D eigenvalue weighted by Gasteiger charge is -2.30. The number of rotatable bonds is 5. The number of hydrogen-bond donors (Lipinski definition) is 2. The van der Waals surface area contributed by atoms with Crippen LogP contribution in [-0.4, -0.2) is 45.8 Å². The van der Waals surface area contributed by atoms with E-state index in [1.165, 1.54) is 6.07 Å². The second kappa shape index (κ2) is 7.58. The van der Waals surface area contributed by atoms with Crippen LogP contribution in [0.1, 0.15) is 21.5 Å². The summed E-state index contributed by atoms with van der Waals surface area (Å²) < 4.78 is 33.2. The maximum Gasteiger partial charge on any atom is 0.337 e. The molecular formula is C19H22N2O5S. The predicted molar refractivity (Wildman–Crippen MR) is 103 cm³/mol. The molecule has 1 fully saturated rings. The summed E-state index contributed by atoms with van der Waals surface area (Å²) in [4.78, 5) is 13.8. The number of aryl methyl sites for hydroxylation is 2. The van der Waals surface area contributed by atoms with Gasteiger partial charge in [-0.3, -0.25) is 4.72 Å². The summed E-state index contributed by atoms with van der Waals surface area (Å²) in [6, 6.07) is 9.64. The third kappa shape index (κ3) is 4.23. The van der Waals surface area contributed by atoms with E-state index < -0.39 is 16.0 Å². The van der Waals surface area contributed by atoms with E-state index in [1.807, 2.05) is 11.8 Å². The molecule has 8 heteroatoms. The number of hydrogen-bond acceptors (Lipinski definition) is 5. The molecule has 3 rings (SSSR count). The topological polar surface area (TPSA) is 95.9 Å². The molecule has 0 radical (unpaired) electrons. The number of benzene rings is 2. The second-order valence-corrected chi connectivity index (χ2v) is 8.16. The smallest absolute Gasteiger partial charge is 0.337 e. The molecule has 2 aromatic rings. The van der Waals surface area contributed by atoms with Crippen LogP contribution in [0.2, 0.25) is 0 Å². The third-order valence-corrected chi connectivity index (χ3v) is 5.99. The highest BCUT2D eigenvalue weighted by Crippen LogP contribution is 2.27. The number of ether oxygens (including phenoxy) is 1. The molecule has 1 aliphatic heterocycles. The molecule has 0 bridgehead atoms. The molecule has 1 aliphatic rings. The molecule has 2 N–H and O–H groups in total. The molecule has 0 spiro atoms. The molecule has 0 saturated carbocycles. The van der Waals surface area contributed by atoms with E-state index in [-0.39, 0.29) is 16.1 Å². The summed E-state index contributed by atoms with van der Waals surface area (Å²) in [5.41, 5.74) is 2.42. The van der Waals surface area contributed by atoms with Gasteiger partial charge in [-0.2, -0.15) is 0 Å². The Balaban J connectivity index is 1.93. The Labute approximate surface area is 158 Å². The fourth-order valence-corrected chi connectivity index (χ4v) is 4.44. The van der Waals surface area contributed by atoms with E-state index >= 15 is 0 Å². The van der Waals surface area contributed by atoms with Crippen molar-refractivity contribution in [2.24, 2.45) is 0 Å². The van der Waals surface area contributed by atoms with Crippen LogP contribution < -0.4 is 9.62 Å². The van der Waals surface area contributed by atoms with Gasteiger partial charge < -0.3 is 14.7 Å². The molecule has 1 saturated heterocycles. The van der Waals surface area contributed by atoms with Crippen molar-refractivity contribution >= 4 is 27.4 Å². The van der Waals surface area contributed by atoms with Crippen molar-refractivity contribution in [3.8, 4) is 0 Å². The molecule has 0 amide bonds. The van der Waals surface area contributed by atoms with E-state index in [0.29, 0.717) is 37.6 Å². The minimum Gasteiger partial charge on any atom is -0.478 e. The number of aromatic carboxylic acids is 1. The van der Waals surface area contributed by atoms with E-state index in [0.717, 1.165) is 5.56 Å². The van der Waals surface area contributed by atoms with Gasteiger partial charge in [0, 0.05) is 18.8 Å². The average molecular weight is 390 g/mol. The second-order valence-electron chi connectivity index (χ2n) is 6.51. The highest BCUT2D eigenvalue weighted by Gasteiger charge is 2.21. The van der Waals surface area contributed by atoms with Crippen molar-refractivity contribution in [1.82, 2.24) is 0 Å². The number of morpholine rings is 1. The van der Waals surface area contributed by atoms with Gasteiger partial charge in [-0.05, 0) is 43.7 Å². The first kappa shape index (κ1) is 19.2. The number of carbonyl (C=O) groups is 1. The lowest BCUT2D eigenvalue weighted by Crippen LogP contribution is -2.37. The van der Waals surface area contributed by atoms with Gasteiger partial charge in [-0.15, -0.1) is 0 Å². The maximum absolute atomic E-state index is 12.7. The lowest BCUT2D eigenvalue weighted by atomic mass is 10.1. The van der Waals surface area contributed by atoms with Gasteiger partial charge in [0.2, 0.25) is 0 Å². The summed E-state index contributed by atoms with van der Waals surface area (Å²) in [5, 5.41) is 9.58. The Morgan fingerprint density at radius 3 is 2.44 bits per heavy atom. The Bertz CT molecular complexity index is 966. The van der Waals surface area contributed by atoms with Gasteiger partial charge in [-0.25, -0.2) is 13.2 Å². The normalized spacial score (nSPS) is 14.8. The van der Waals surface area contributed by atoms with Crippen LogP contribution >= 0.6 is 0 Å². The van der Waals surface area contributed by atoms with Crippen molar-refractivity contribution in [3.63, 3.8) is 0 Å². The number of nitrogens with zero attached hydrogens (tertiary/aromatic N) is 1. The largest absolute Gasteiger partial charge is 0.478 e. The summed E-state index contributed by atoms with van der Waals surface area (Å²) in [6.45, 7) is 5.86. The summed E-state index contributed by atoms with van der Waals surface area (Å²) in [6.07, 6.45) is 0. The maximum atomic E-state index is 12.7. The Morgan fingerprint density at radius 2 is 1.81 bits per heavy atom. The lowest BCUT2D eigenvalue weighted by molar-refractivity contribution is 0.0696. The van der Waals surface area contributed by atoms with Crippen LogP contribution in [0.5, 0.6) is 0 Å². The fourth-order valence-electron chi connectivity index (χ4n) is 3.16. The minimum absolute atomic E-state index is 0.0535. The Hall–Kier alpha value is -2.58. The highest BCUT2D eigenvalue weighted by molar-refractivity contribution is 7.92. The van der Waals surface area contributed by atoms with Crippen LogP contribution in [0.4, 0.5) is 11.4 Å². The summed E-state index contributed by atoms with van der Waals surface area (Å²) in [7, 11) is -3.82. The van der Waals surface area contributed by atoms with Gasteiger partial charge in [-0.1, -0.05) is 17.7 Å². The fraction of sp³-hybridized carbons (Fsp3) is 0.316. The molecule has 0 aliphatic carbocycles. The summed E-state index contributed by atoms with van der Waals surface area (Å²) in [5.74, 6) is -1.11. The molecule has 1 heterocycles. The average Bonchev–Trinajstić information content (AvgIpc) is 2.61. The van der Waals surface area contributed by atoms with Crippen molar-refractivity contribution in [2.45, 2.75) is 18.7 Å². The van der Waals surface area contributed by atoms with E-state index in [9.17, 15) is 18.3 Å². The monoisotopic (exact) mass is 390 g/mol. The van der Waals surface area contributed by atoms with Crippen LogP contribution in [0.15, 0.2) is 41.3 Å². The molecule has 144 valence electrons. The van der Waals surface area contributed by atoms with Crippen LogP contribution in [0.3, 0.4) is 0 Å². The van der Waals surface area contributed by atoms with Gasteiger partial charge in [0.1, 0.15) is 0 Å². The van der Waals surface area contributed by atoms with Crippen molar-refractivity contribution in [3.05, 3.63) is 53.1 Å². The van der Waals surface area contributed by atoms with Crippen molar-refractivity contribution < 1.29 is 23.1 Å². The Kier molecular flexibility index (Phi) is 5.38. The third-order valence-electron chi connectivity index (χ3n) is 4.45. The van der Waals surface area contributed by atoms with Gasteiger partial charge >= 0.3 is 5.97 Å². The van der Waals surface area contributed by atoms with Crippen LogP contribution in [-0.2, 0) is 14.8 Å². The molecule has 7 nitrogen and oxygen atoms in total. The van der Waals surface area contributed by atoms with Crippen molar-refractivity contribution in [1.29, 1.82) is 0 Å². The zero-order chi connectivity index (χ0) is 19.6. The number of carboxylic acid groups (broad SMARTS) is 1. The molecular weight excluding hydrogens is 368 g/mol. The zero-order valence-electron chi connectivity index (χ0n) is 15.2. The molecule has 0 unspecified atom stereocenters. The molecule has 2 aromatic carbocycles. The first-order chi connectivity index (χ1) is 12.8. The standard InChI is InChI=1S/C19H22N2O5S/c1-13-3-6-18(14(2)11-13)27(24,25)20-15-4-5-17(16(12-15)19(22)23)21-7-9-26-10-8-21/h3-6,11-12,20H,7-10H2,1-2H3,(H,22,23). The first-order valence-electron chi connectivity index (χ1n) is 8.58. The van der Waals surface area contributed by atoms with Gasteiger partial charge in [0.05, 0.1) is 29.4 Å². The first-order valence-corrected chi connectivity index (χ1v) is 10.1. The zero-order valence-corrected chi connectivity index (χ0v) is 16.0. The SMILES string of the molecule is Cc1ccc(S(=O)(=O)Nc2ccc(N3CCOCC3)c(C(=O)O)c2)c(C)c1. The van der Waals surface area contributed by atoms with Crippen LogP contribution in [0.25, 0.3) is 0 Å². The number of sulfonamides is 1.